The lowest BCUT2D eigenvalue weighted by Crippen LogP contribution is -2.12. The van der Waals surface area contributed by atoms with Gasteiger partial charge in [0, 0.05) is 25.7 Å². The lowest BCUT2D eigenvalue weighted by molar-refractivity contribution is 0.443. The van der Waals surface area contributed by atoms with Crippen molar-refractivity contribution in [3.8, 4) is 0 Å². The third-order valence-corrected chi connectivity index (χ3v) is 3.53. The third-order valence-electron chi connectivity index (χ3n) is 3.53. The minimum absolute atomic E-state index is 0.662. The summed E-state index contributed by atoms with van der Waals surface area (Å²) in [6.45, 7) is 3.81. The molecule has 1 saturated carbocycles. The van der Waals surface area contributed by atoms with E-state index in [0.717, 1.165) is 36.2 Å². The zero-order valence-electron chi connectivity index (χ0n) is 10.9. The molecule has 2 aromatic rings. The normalized spacial score (nSPS) is 22.3. The van der Waals surface area contributed by atoms with Gasteiger partial charge in [0.05, 0.1) is 12.2 Å². The van der Waals surface area contributed by atoms with E-state index in [9.17, 15) is 0 Å². The molecule has 18 heavy (non-hydrogen) atoms. The Hall–Kier alpha value is -1.55. The topological polar surface area (TPSA) is 43.0 Å². The third kappa shape index (κ3) is 2.48. The van der Waals surface area contributed by atoms with E-state index in [-0.39, 0.29) is 0 Å². The molecule has 0 spiro atoms. The van der Waals surface area contributed by atoms with Crippen molar-refractivity contribution in [3.63, 3.8) is 0 Å². The molecule has 0 bridgehead atoms. The van der Waals surface area contributed by atoms with Crippen LogP contribution < -0.4 is 5.32 Å². The number of hydrogen-bond donors (Lipinski definition) is 1. The Labute approximate surface area is 107 Å². The molecule has 0 aromatic carbocycles. The first kappa shape index (κ1) is 11.5. The van der Waals surface area contributed by atoms with E-state index in [1.54, 1.807) is 0 Å². The molecule has 2 aromatic heterocycles. The van der Waals surface area contributed by atoms with Gasteiger partial charge in [-0.2, -0.15) is 5.10 Å². The van der Waals surface area contributed by atoms with Gasteiger partial charge in [-0.15, -0.1) is 0 Å². The van der Waals surface area contributed by atoms with Crippen molar-refractivity contribution < 1.29 is 4.42 Å². The number of hydrogen-bond acceptors (Lipinski definition) is 3. The highest BCUT2D eigenvalue weighted by Gasteiger charge is 2.36. The van der Waals surface area contributed by atoms with E-state index in [0.29, 0.717) is 5.92 Å². The second-order valence-corrected chi connectivity index (χ2v) is 5.21. The van der Waals surface area contributed by atoms with Gasteiger partial charge in [-0.25, -0.2) is 0 Å². The van der Waals surface area contributed by atoms with E-state index in [4.69, 9.17) is 4.42 Å². The summed E-state index contributed by atoms with van der Waals surface area (Å²) in [6, 6.07) is 6.21. The number of rotatable bonds is 5. The van der Waals surface area contributed by atoms with Crippen LogP contribution in [0, 0.1) is 5.92 Å². The second kappa shape index (κ2) is 4.61. The van der Waals surface area contributed by atoms with Crippen LogP contribution in [0.3, 0.4) is 0 Å². The molecule has 3 rings (SSSR count). The molecular weight excluding hydrogens is 226 g/mol. The summed E-state index contributed by atoms with van der Waals surface area (Å²) >= 11 is 0. The summed E-state index contributed by atoms with van der Waals surface area (Å²) in [4.78, 5) is 0. The average Bonchev–Trinajstić information content (AvgIpc) is 2.79. The molecule has 1 fully saturated rings. The standard InChI is InChI=1S/C14H19N3O/c1-10-7-13(10)14-4-3-12(18-14)9-15-8-11-5-6-17(2)16-11/h3-6,10,13,15H,7-9H2,1-2H3. The molecule has 4 heteroatoms. The van der Waals surface area contributed by atoms with Crippen molar-refractivity contribution >= 4 is 0 Å². The largest absolute Gasteiger partial charge is 0.464 e. The first-order valence-corrected chi connectivity index (χ1v) is 6.50. The minimum atomic E-state index is 0.662. The first-order chi connectivity index (χ1) is 8.72. The molecule has 1 N–H and O–H groups in total. The van der Waals surface area contributed by atoms with Crippen molar-refractivity contribution in [2.75, 3.05) is 0 Å². The fourth-order valence-corrected chi connectivity index (χ4v) is 2.28. The predicted octanol–water partition coefficient (Wildman–Crippen LogP) is 2.43. The van der Waals surface area contributed by atoms with Gasteiger partial charge in [0.1, 0.15) is 11.5 Å². The molecule has 0 amide bonds. The highest BCUT2D eigenvalue weighted by Crippen LogP contribution is 2.47. The maximum absolute atomic E-state index is 5.83. The summed E-state index contributed by atoms with van der Waals surface area (Å²) in [5.41, 5.74) is 1.06. The highest BCUT2D eigenvalue weighted by atomic mass is 16.3. The molecule has 0 radical (unpaired) electrons. The summed E-state index contributed by atoms with van der Waals surface area (Å²) in [5.74, 6) is 3.62. The van der Waals surface area contributed by atoms with E-state index in [2.05, 4.69) is 29.5 Å². The van der Waals surface area contributed by atoms with Crippen LogP contribution >= 0.6 is 0 Å². The molecule has 96 valence electrons. The van der Waals surface area contributed by atoms with Crippen molar-refractivity contribution in [1.29, 1.82) is 0 Å². The number of aryl methyl sites for hydroxylation is 1. The van der Waals surface area contributed by atoms with Gasteiger partial charge in [-0.3, -0.25) is 4.68 Å². The summed E-state index contributed by atoms with van der Waals surface area (Å²) in [6.07, 6.45) is 3.23. The van der Waals surface area contributed by atoms with E-state index < -0.39 is 0 Å². The maximum Gasteiger partial charge on any atom is 0.117 e. The number of nitrogens with one attached hydrogen (secondary N) is 1. The van der Waals surface area contributed by atoms with Crippen molar-refractivity contribution in [2.24, 2.45) is 13.0 Å². The molecule has 1 aliphatic rings. The van der Waals surface area contributed by atoms with E-state index in [1.807, 2.05) is 24.0 Å². The van der Waals surface area contributed by atoms with Gasteiger partial charge >= 0.3 is 0 Å². The maximum atomic E-state index is 5.83. The van der Waals surface area contributed by atoms with Gasteiger partial charge in [-0.05, 0) is 30.5 Å². The Kier molecular flexibility index (Phi) is 2.96. The SMILES string of the molecule is CC1CC1c1ccc(CNCc2ccn(C)n2)o1. The summed E-state index contributed by atoms with van der Waals surface area (Å²) < 4.78 is 7.65. The lowest BCUT2D eigenvalue weighted by Gasteiger charge is -1.99. The van der Waals surface area contributed by atoms with Gasteiger partial charge in [0.15, 0.2) is 0 Å². The molecule has 4 nitrogen and oxygen atoms in total. The van der Waals surface area contributed by atoms with Crippen LogP contribution in [-0.4, -0.2) is 9.78 Å². The number of furan rings is 1. The van der Waals surface area contributed by atoms with Crippen LogP contribution in [0.4, 0.5) is 0 Å². The van der Waals surface area contributed by atoms with Crippen LogP contribution in [-0.2, 0) is 20.1 Å². The molecular formula is C14H19N3O. The Balaban J connectivity index is 1.49. The predicted molar refractivity (Wildman–Crippen MR) is 69.0 cm³/mol. The van der Waals surface area contributed by atoms with E-state index >= 15 is 0 Å². The van der Waals surface area contributed by atoms with Crippen LogP contribution in [0.15, 0.2) is 28.8 Å². The number of nitrogens with zero attached hydrogens (tertiary/aromatic N) is 2. The first-order valence-electron chi connectivity index (χ1n) is 6.50. The summed E-state index contributed by atoms with van der Waals surface area (Å²) in [5, 5.41) is 7.66. The fraction of sp³-hybridized carbons (Fsp3) is 0.500. The van der Waals surface area contributed by atoms with Gasteiger partial charge in [0.25, 0.3) is 0 Å². The van der Waals surface area contributed by atoms with Gasteiger partial charge in [0.2, 0.25) is 0 Å². The number of aromatic nitrogens is 2. The zero-order chi connectivity index (χ0) is 12.5. The Morgan fingerprint density at radius 3 is 2.89 bits per heavy atom. The van der Waals surface area contributed by atoms with Crippen molar-refractivity contribution in [1.82, 2.24) is 15.1 Å². The molecule has 0 saturated heterocycles. The van der Waals surface area contributed by atoms with E-state index in [1.165, 1.54) is 6.42 Å². The van der Waals surface area contributed by atoms with Crippen molar-refractivity contribution in [3.05, 3.63) is 41.6 Å². The van der Waals surface area contributed by atoms with Crippen LogP contribution in [0.1, 0.15) is 36.5 Å². The monoisotopic (exact) mass is 245 g/mol. The fourth-order valence-electron chi connectivity index (χ4n) is 2.28. The lowest BCUT2D eigenvalue weighted by atomic mass is 10.3. The zero-order valence-corrected chi connectivity index (χ0v) is 10.9. The quantitative estimate of drug-likeness (QED) is 0.879. The Morgan fingerprint density at radius 2 is 2.22 bits per heavy atom. The molecule has 2 atom stereocenters. The molecule has 1 aliphatic carbocycles. The smallest absolute Gasteiger partial charge is 0.117 e. The Bertz CT molecular complexity index is 529. The average molecular weight is 245 g/mol. The second-order valence-electron chi connectivity index (χ2n) is 5.21. The molecule has 0 aliphatic heterocycles. The van der Waals surface area contributed by atoms with Crippen molar-refractivity contribution in [2.45, 2.75) is 32.4 Å². The van der Waals surface area contributed by atoms with Crippen LogP contribution in [0.5, 0.6) is 0 Å². The van der Waals surface area contributed by atoms with Crippen LogP contribution in [0.2, 0.25) is 0 Å². The summed E-state index contributed by atoms with van der Waals surface area (Å²) in [7, 11) is 1.93. The minimum Gasteiger partial charge on any atom is -0.464 e. The van der Waals surface area contributed by atoms with Gasteiger partial charge in [-0.1, -0.05) is 6.92 Å². The van der Waals surface area contributed by atoms with Gasteiger partial charge < -0.3 is 9.73 Å². The Morgan fingerprint density at radius 1 is 1.39 bits per heavy atom. The van der Waals surface area contributed by atoms with Crippen LogP contribution in [0.25, 0.3) is 0 Å². The molecule has 2 unspecified atom stereocenters. The highest BCUT2D eigenvalue weighted by molar-refractivity contribution is 5.17. The molecule has 2 heterocycles.